The van der Waals surface area contributed by atoms with E-state index in [9.17, 15) is 29.1 Å². The highest BCUT2D eigenvalue weighted by atomic mass is 32.1. The standard InChI is InChI=1S/C24H28N4O2S.C21H24N4OS.C18H18N4OS.C16H14N4OS.C16H13N3O2S/c1-18-5-4-6-20(17-18)26-24-27-22(19-8-10-25-11-9-19)23(31-24)21(29)7-2-3-12-28-13-15-30-16-14-28;1-15-6-4-7-17(14-15)23-21-24-19(16-9-11-22-12-10-16)20(27-21)18(26)8-5-13-25(2)3;1-12-5-4-6-14(11-12)20-18-21-15(13-7-9-19-10-8-13)16(24-18)17(23)22(2)3;1-10-3-2-4-12(9-10)19-16-20-13(14(22-16)15(17)21)11-5-7-18-8-6-11;1-10-3-2-4-12(9-10)18-16-19-13(14(22-16)15(20)21)11-5-7-17-8-6-11/h4-6,8-11,17H,2-3,7,12-16H2,1H3,(H,26,27);4,6-7,9-12,14H,5,8,13H2,1-3H3,(H,23,24);4-11H,1-3H3,(H,20,21);2-9H,1H3,(H2,17,21)(H,19,20);2-9H,1H3,(H,18,19)(H,20,21). The SMILES string of the molecule is Cc1cccc(Nc2nc(-c3ccncc3)c(C(=O)CCCCN3CCOCC3)s2)c1.Cc1cccc(Nc2nc(-c3ccncc3)c(C(=O)CCCN(C)C)s2)c1.Cc1cccc(Nc2nc(-c3ccncc3)c(C(=O)N(C)C)s2)c1.Cc1cccc(Nc2nc(-c3ccncc3)c(C(=O)O)s2)c1.Cc1cccc(Nc2nc(-c3ccncc3)c(C(N)=O)s2)c1. The maximum absolute atomic E-state index is 13.1. The van der Waals surface area contributed by atoms with E-state index in [1.165, 1.54) is 56.5 Å². The number of ether oxygens (including phenoxy) is 1. The van der Waals surface area contributed by atoms with E-state index in [4.69, 9.17) is 20.4 Å². The number of aromatic nitrogens is 10. The summed E-state index contributed by atoms with van der Waals surface area (Å²) in [6, 6.07) is 58.5. The molecule has 15 aromatic rings. The number of aryl methyl sites for hydroxylation is 5. The Labute approximate surface area is 752 Å². The van der Waals surface area contributed by atoms with E-state index in [-0.39, 0.29) is 22.4 Å². The average molecular weight is 1780 g/mol. The van der Waals surface area contributed by atoms with E-state index >= 15 is 0 Å². The number of rotatable bonds is 29. The Kier molecular flexibility index (Phi) is 33.4. The van der Waals surface area contributed by atoms with Gasteiger partial charge in [0.1, 0.15) is 24.4 Å². The van der Waals surface area contributed by atoms with E-state index in [1.54, 1.807) is 105 Å². The van der Waals surface area contributed by atoms with Crippen molar-refractivity contribution in [3.63, 3.8) is 0 Å². The second kappa shape index (κ2) is 45.8. The molecule has 1 fully saturated rings. The number of carboxylic acids is 1. The van der Waals surface area contributed by atoms with Gasteiger partial charge in [0.25, 0.3) is 11.8 Å². The summed E-state index contributed by atoms with van der Waals surface area (Å²) in [7, 11) is 7.52. The van der Waals surface area contributed by atoms with Gasteiger partial charge in [-0.25, -0.2) is 29.7 Å². The summed E-state index contributed by atoms with van der Waals surface area (Å²) in [5.74, 6) is -1.23. The third-order valence-electron chi connectivity index (χ3n) is 19.0. The van der Waals surface area contributed by atoms with Crippen LogP contribution in [0.1, 0.15) is 108 Å². The highest BCUT2D eigenvalue weighted by Crippen LogP contribution is 2.39. The lowest BCUT2D eigenvalue weighted by molar-refractivity contribution is 0.0371. The number of anilines is 10. The highest BCUT2D eigenvalue weighted by Gasteiger charge is 2.26. The van der Waals surface area contributed by atoms with Gasteiger partial charge >= 0.3 is 5.97 Å². The number of hydrogen-bond acceptors (Lipinski definition) is 28. The van der Waals surface area contributed by atoms with Gasteiger partial charge in [0.15, 0.2) is 37.2 Å². The van der Waals surface area contributed by atoms with Crippen LogP contribution in [0, 0.1) is 34.6 Å². The van der Waals surface area contributed by atoms with Gasteiger partial charge in [-0.3, -0.25) is 49.0 Å². The summed E-state index contributed by atoms with van der Waals surface area (Å²) in [6.07, 6.45) is 20.7. The van der Waals surface area contributed by atoms with Crippen LogP contribution in [-0.2, 0) is 4.74 Å². The molecule has 2 amide bonds. The van der Waals surface area contributed by atoms with Gasteiger partial charge in [-0.1, -0.05) is 117 Å². The Morgan fingerprint density at radius 2 is 0.659 bits per heavy atom. The largest absolute Gasteiger partial charge is 0.477 e. The van der Waals surface area contributed by atoms with E-state index < -0.39 is 11.9 Å². The zero-order valence-electron chi connectivity index (χ0n) is 71.2. The molecule has 10 aromatic heterocycles. The molecular formula is C95H97N19O7S5. The van der Waals surface area contributed by atoms with Crippen molar-refractivity contribution in [3.05, 3.63) is 296 Å². The molecule has 644 valence electrons. The smallest absolute Gasteiger partial charge is 0.348 e. The van der Waals surface area contributed by atoms with Crippen molar-refractivity contribution in [1.82, 2.24) is 64.5 Å². The Morgan fingerprint density at radius 1 is 0.381 bits per heavy atom. The van der Waals surface area contributed by atoms with Crippen molar-refractivity contribution in [2.24, 2.45) is 5.73 Å². The first-order chi connectivity index (χ1) is 61.0. The third-order valence-corrected chi connectivity index (χ3v) is 23.9. The molecule has 0 saturated carbocycles. The molecule has 16 rings (SSSR count). The van der Waals surface area contributed by atoms with Crippen LogP contribution in [0.3, 0.4) is 0 Å². The molecule has 0 spiro atoms. The number of ketones is 2. The van der Waals surface area contributed by atoms with Gasteiger partial charge in [0.2, 0.25) is 0 Å². The number of nitrogens with one attached hydrogen (secondary N) is 5. The Morgan fingerprint density at radius 3 is 0.952 bits per heavy atom. The molecular weight excluding hydrogens is 1680 g/mol. The van der Waals surface area contributed by atoms with Crippen molar-refractivity contribution >= 4 is 140 Å². The molecule has 26 nitrogen and oxygen atoms in total. The van der Waals surface area contributed by atoms with Crippen molar-refractivity contribution < 1.29 is 33.8 Å². The number of amides is 2. The fourth-order valence-electron chi connectivity index (χ4n) is 12.9. The molecule has 0 bridgehead atoms. The average Bonchev–Trinajstić information content (AvgIpc) is 1.70. The van der Waals surface area contributed by atoms with Crippen LogP contribution in [0.4, 0.5) is 54.1 Å². The van der Waals surface area contributed by atoms with E-state index in [0.29, 0.717) is 64.8 Å². The number of morpholine rings is 1. The normalized spacial score (nSPS) is 11.5. The number of carbonyl (C=O) groups is 5. The Bertz CT molecular complexity index is 5970. The number of unbranched alkanes of at least 4 members (excludes halogenated alkanes) is 1. The summed E-state index contributed by atoms with van der Waals surface area (Å²) in [6.45, 7) is 15.7. The monoisotopic (exact) mass is 1780 g/mol. The summed E-state index contributed by atoms with van der Waals surface area (Å²) < 4.78 is 5.40. The number of nitrogens with zero attached hydrogens (tertiary/aromatic N) is 13. The van der Waals surface area contributed by atoms with Crippen LogP contribution in [0.25, 0.3) is 56.3 Å². The molecule has 31 heteroatoms. The summed E-state index contributed by atoms with van der Waals surface area (Å²) >= 11 is 6.57. The van der Waals surface area contributed by atoms with Crippen LogP contribution >= 0.6 is 56.7 Å². The second-order valence-corrected chi connectivity index (χ2v) is 34.7. The molecule has 0 unspecified atom stereocenters. The lowest BCUT2D eigenvalue weighted by atomic mass is 10.1. The number of carboxylic acid groups (broad SMARTS) is 1. The van der Waals surface area contributed by atoms with Gasteiger partial charge in [0, 0.05) is 158 Å². The molecule has 0 radical (unpaired) electrons. The molecule has 8 N–H and O–H groups in total. The van der Waals surface area contributed by atoms with Crippen molar-refractivity contribution in [2.45, 2.75) is 66.7 Å². The quantitative estimate of drug-likeness (QED) is 0.0169. The number of hydrogen-bond donors (Lipinski definition) is 7. The summed E-state index contributed by atoms with van der Waals surface area (Å²) in [5, 5.41) is 29.1. The highest BCUT2D eigenvalue weighted by molar-refractivity contribution is 7.19. The first-order valence-electron chi connectivity index (χ1n) is 40.5. The first-order valence-corrected chi connectivity index (χ1v) is 44.6. The Balaban J connectivity index is 0.000000144. The maximum Gasteiger partial charge on any atom is 0.348 e. The fourth-order valence-corrected chi connectivity index (χ4v) is 17.6. The number of aromatic carboxylic acids is 1. The molecule has 1 aliphatic heterocycles. The zero-order valence-corrected chi connectivity index (χ0v) is 75.3. The minimum atomic E-state index is -0.985. The van der Waals surface area contributed by atoms with Crippen LogP contribution in [0.15, 0.2) is 244 Å². The van der Waals surface area contributed by atoms with E-state index in [2.05, 4.69) is 114 Å². The number of primary amides is 1. The maximum atomic E-state index is 13.1. The number of Topliss-reactive ketones (excluding diaryl/α,β-unsaturated/α-hetero) is 2. The lowest BCUT2D eigenvalue weighted by Crippen LogP contribution is -2.36. The molecule has 0 aliphatic carbocycles. The number of pyridine rings is 5. The van der Waals surface area contributed by atoms with E-state index in [1.807, 2.05) is 168 Å². The molecule has 0 atom stereocenters. The summed E-state index contributed by atoms with van der Waals surface area (Å²) in [4.78, 5) is 113. The van der Waals surface area contributed by atoms with Crippen LogP contribution in [-0.4, -0.2) is 167 Å². The van der Waals surface area contributed by atoms with Crippen molar-refractivity contribution in [3.8, 4) is 56.3 Å². The van der Waals surface area contributed by atoms with Gasteiger partial charge in [0.05, 0.1) is 41.7 Å². The predicted molar refractivity (Wildman–Crippen MR) is 510 cm³/mol. The van der Waals surface area contributed by atoms with Crippen molar-refractivity contribution in [2.75, 3.05) is 94.2 Å². The lowest BCUT2D eigenvalue weighted by Gasteiger charge is -2.26. The second-order valence-electron chi connectivity index (χ2n) is 29.7. The number of nitrogens with two attached hydrogens (primary N) is 1. The van der Waals surface area contributed by atoms with E-state index in [0.717, 1.165) is 165 Å². The molecule has 11 heterocycles. The fraction of sp³-hybridized carbons (Fsp3) is 0.211. The minimum Gasteiger partial charge on any atom is -0.477 e. The predicted octanol–water partition coefficient (Wildman–Crippen LogP) is 21.0. The van der Waals surface area contributed by atoms with Crippen LogP contribution in [0.5, 0.6) is 0 Å². The topological polar surface area (TPSA) is 340 Å². The number of benzene rings is 5. The van der Waals surface area contributed by atoms with Crippen LogP contribution in [0.2, 0.25) is 0 Å². The van der Waals surface area contributed by atoms with Gasteiger partial charge in [-0.2, -0.15) is 0 Å². The van der Waals surface area contributed by atoms with Gasteiger partial charge < -0.3 is 52.0 Å². The zero-order chi connectivity index (χ0) is 88.9. The van der Waals surface area contributed by atoms with Gasteiger partial charge in [-0.15, -0.1) is 0 Å². The summed E-state index contributed by atoms with van der Waals surface area (Å²) in [5.41, 5.74) is 23.4. The third kappa shape index (κ3) is 27.1. The molecule has 1 aliphatic rings. The minimum absolute atomic E-state index is 0.0587. The first kappa shape index (κ1) is 91.8. The number of thiazole rings is 5. The van der Waals surface area contributed by atoms with Gasteiger partial charge in [-0.05, 0) is 230 Å². The molecule has 126 heavy (non-hydrogen) atoms. The Hall–Kier alpha value is -13.4. The van der Waals surface area contributed by atoms with Crippen LogP contribution < -0.4 is 32.3 Å². The number of carbonyl (C=O) groups excluding carboxylic acids is 4. The molecule has 1 saturated heterocycles. The van der Waals surface area contributed by atoms with Crippen molar-refractivity contribution in [1.29, 1.82) is 0 Å². The molecule has 5 aromatic carbocycles.